The Morgan fingerprint density at radius 2 is 0.921 bits per heavy atom. The molecule has 0 unspecified atom stereocenters. The molecule has 0 aliphatic rings. The van der Waals surface area contributed by atoms with Crippen LogP contribution in [0.1, 0.15) is 0 Å². The molecule has 0 radical (unpaired) electrons. The zero-order valence-electron chi connectivity index (χ0n) is 20.7. The number of pyridine rings is 1. The summed E-state index contributed by atoms with van der Waals surface area (Å²) in [6.45, 7) is 0. The summed E-state index contributed by atoms with van der Waals surface area (Å²) in [6, 6.07) is 51.3. The first-order chi connectivity index (χ1) is 18.8. The van der Waals surface area contributed by atoms with Crippen LogP contribution in [0.4, 0.5) is 17.2 Å². The summed E-state index contributed by atoms with van der Waals surface area (Å²) >= 11 is 1.79. The number of benzene rings is 5. The van der Waals surface area contributed by atoms with E-state index in [1.54, 1.807) is 11.3 Å². The van der Waals surface area contributed by atoms with Crippen LogP contribution < -0.4 is 4.90 Å². The Morgan fingerprint density at radius 1 is 0.421 bits per heavy atom. The van der Waals surface area contributed by atoms with E-state index in [1.807, 2.05) is 0 Å². The molecule has 3 heteroatoms. The van der Waals surface area contributed by atoms with Crippen LogP contribution in [-0.2, 0) is 0 Å². The van der Waals surface area contributed by atoms with Gasteiger partial charge in [-0.2, -0.15) is 0 Å². The summed E-state index contributed by atoms with van der Waals surface area (Å²) in [7, 11) is 0. The molecule has 0 spiro atoms. The quantitative estimate of drug-likeness (QED) is 0.232. The van der Waals surface area contributed by atoms with Gasteiger partial charge in [0, 0.05) is 21.5 Å². The molecule has 0 saturated carbocycles. The van der Waals surface area contributed by atoms with E-state index in [2.05, 4.69) is 150 Å². The summed E-state index contributed by atoms with van der Waals surface area (Å²) in [5.74, 6) is 0.904. The van der Waals surface area contributed by atoms with Gasteiger partial charge in [0.2, 0.25) is 0 Å². The van der Waals surface area contributed by atoms with E-state index >= 15 is 0 Å². The Balaban J connectivity index is 1.35. The first-order valence-electron chi connectivity index (χ1n) is 12.7. The molecule has 2 heterocycles. The van der Waals surface area contributed by atoms with Gasteiger partial charge in [-0.05, 0) is 64.7 Å². The molecule has 0 aliphatic heterocycles. The van der Waals surface area contributed by atoms with Gasteiger partial charge >= 0.3 is 0 Å². The van der Waals surface area contributed by atoms with Crippen molar-refractivity contribution in [2.45, 2.75) is 0 Å². The molecule has 38 heavy (non-hydrogen) atoms. The maximum atomic E-state index is 5.21. The highest BCUT2D eigenvalue weighted by Crippen LogP contribution is 2.39. The molecule has 0 amide bonds. The molecule has 7 aromatic rings. The Labute approximate surface area is 226 Å². The van der Waals surface area contributed by atoms with Gasteiger partial charge in [0.05, 0.1) is 10.2 Å². The van der Waals surface area contributed by atoms with Gasteiger partial charge in [-0.15, -0.1) is 11.3 Å². The molecule has 5 aromatic carbocycles. The second-order valence-electron chi connectivity index (χ2n) is 9.28. The highest BCUT2D eigenvalue weighted by atomic mass is 32.1. The summed E-state index contributed by atoms with van der Waals surface area (Å²) < 4.78 is 2.46. The van der Waals surface area contributed by atoms with E-state index in [-0.39, 0.29) is 0 Å². The molecule has 0 aliphatic carbocycles. The Kier molecular flexibility index (Phi) is 5.69. The minimum Gasteiger partial charge on any atom is -0.295 e. The van der Waals surface area contributed by atoms with Crippen molar-refractivity contribution in [1.29, 1.82) is 0 Å². The van der Waals surface area contributed by atoms with Gasteiger partial charge in [0.25, 0.3) is 0 Å². The number of hydrogen-bond acceptors (Lipinski definition) is 3. The van der Waals surface area contributed by atoms with Crippen molar-refractivity contribution in [3.8, 4) is 22.3 Å². The maximum Gasteiger partial charge on any atom is 0.138 e. The van der Waals surface area contributed by atoms with Crippen molar-refractivity contribution in [3.05, 3.63) is 146 Å². The lowest BCUT2D eigenvalue weighted by atomic mass is 10.0. The van der Waals surface area contributed by atoms with Crippen LogP contribution in [0.15, 0.2) is 146 Å². The Morgan fingerprint density at radius 3 is 1.50 bits per heavy atom. The van der Waals surface area contributed by atoms with Crippen LogP contribution in [0.5, 0.6) is 0 Å². The molecular formula is C35H24N2S. The SMILES string of the molecule is c1ccc(-c2ccc(N(c3ccc(-c4ccccc4)cc3)c3ccc4sc5ccccc5c4n3)cc2)cc1. The number of nitrogens with zero attached hydrogens (tertiary/aromatic N) is 2. The number of aromatic nitrogens is 1. The molecule has 0 N–H and O–H groups in total. The van der Waals surface area contributed by atoms with Crippen LogP contribution in [0.25, 0.3) is 42.6 Å². The van der Waals surface area contributed by atoms with E-state index < -0.39 is 0 Å². The van der Waals surface area contributed by atoms with Crippen molar-refractivity contribution in [2.24, 2.45) is 0 Å². The van der Waals surface area contributed by atoms with Crippen molar-refractivity contribution in [2.75, 3.05) is 4.90 Å². The Bertz CT molecular complexity index is 1760. The fourth-order valence-electron chi connectivity index (χ4n) is 4.99. The zero-order chi connectivity index (χ0) is 25.3. The van der Waals surface area contributed by atoms with Crippen LogP contribution >= 0.6 is 11.3 Å². The standard InChI is InChI=1S/C35H24N2S/c1-3-9-25(10-4-1)27-15-19-29(20-16-27)37(30-21-17-28(18-22-30)26-11-5-2-6-12-26)34-24-23-33-35(36-34)31-13-7-8-14-32(31)38-33/h1-24H. The van der Waals surface area contributed by atoms with Crippen LogP contribution in [0, 0.1) is 0 Å². The third-order valence-electron chi connectivity index (χ3n) is 6.90. The number of hydrogen-bond donors (Lipinski definition) is 0. The summed E-state index contributed by atoms with van der Waals surface area (Å²) in [6.07, 6.45) is 0. The van der Waals surface area contributed by atoms with E-state index in [1.165, 1.54) is 37.0 Å². The van der Waals surface area contributed by atoms with E-state index in [0.717, 1.165) is 22.7 Å². The van der Waals surface area contributed by atoms with Gasteiger partial charge in [-0.25, -0.2) is 4.98 Å². The van der Waals surface area contributed by atoms with Gasteiger partial charge in [-0.3, -0.25) is 4.90 Å². The third kappa shape index (κ3) is 4.13. The normalized spacial score (nSPS) is 11.2. The van der Waals surface area contributed by atoms with Crippen molar-refractivity contribution in [1.82, 2.24) is 4.98 Å². The molecule has 7 rings (SSSR count). The van der Waals surface area contributed by atoms with Gasteiger partial charge in [0.15, 0.2) is 0 Å². The van der Waals surface area contributed by atoms with Crippen molar-refractivity contribution >= 4 is 48.8 Å². The molecular weight excluding hydrogens is 480 g/mol. The fourth-order valence-corrected chi connectivity index (χ4v) is 6.03. The molecule has 180 valence electrons. The lowest BCUT2D eigenvalue weighted by Crippen LogP contribution is -2.11. The minimum atomic E-state index is 0.904. The molecule has 0 bridgehead atoms. The topological polar surface area (TPSA) is 16.1 Å². The molecule has 2 nitrogen and oxygen atoms in total. The number of fused-ring (bicyclic) bond motifs is 3. The second-order valence-corrected chi connectivity index (χ2v) is 10.4. The van der Waals surface area contributed by atoms with E-state index in [0.29, 0.717) is 0 Å². The summed E-state index contributed by atoms with van der Waals surface area (Å²) in [5.41, 5.74) is 8.01. The predicted octanol–water partition coefficient (Wildman–Crippen LogP) is 10.3. The lowest BCUT2D eigenvalue weighted by Gasteiger charge is -2.25. The average Bonchev–Trinajstić information content (AvgIpc) is 3.37. The molecule has 0 atom stereocenters. The first-order valence-corrected chi connectivity index (χ1v) is 13.5. The lowest BCUT2D eigenvalue weighted by molar-refractivity contribution is 1.21. The van der Waals surface area contributed by atoms with E-state index in [4.69, 9.17) is 4.98 Å². The fraction of sp³-hybridized carbons (Fsp3) is 0. The smallest absolute Gasteiger partial charge is 0.138 e. The van der Waals surface area contributed by atoms with Gasteiger partial charge < -0.3 is 0 Å². The largest absolute Gasteiger partial charge is 0.295 e. The predicted molar refractivity (Wildman–Crippen MR) is 163 cm³/mol. The van der Waals surface area contributed by atoms with Gasteiger partial charge in [-0.1, -0.05) is 103 Å². The summed E-state index contributed by atoms with van der Waals surface area (Å²) in [5, 5.41) is 1.20. The van der Waals surface area contributed by atoms with Crippen LogP contribution in [0.3, 0.4) is 0 Å². The average molecular weight is 505 g/mol. The number of anilines is 3. The highest BCUT2D eigenvalue weighted by molar-refractivity contribution is 7.25. The zero-order valence-corrected chi connectivity index (χ0v) is 21.5. The summed E-state index contributed by atoms with van der Waals surface area (Å²) in [4.78, 5) is 7.46. The van der Waals surface area contributed by atoms with Crippen molar-refractivity contribution in [3.63, 3.8) is 0 Å². The third-order valence-corrected chi connectivity index (χ3v) is 8.03. The van der Waals surface area contributed by atoms with E-state index in [9.17, 15) is 0 Å². The molecule has 2 aromatic heterocycles. The maximum absolute atomic E-state index is 5.21. The van der Waals surface area contributed by atoms with Crippen LogP contribution in [-0.4, -0.2) is 4.98 Å². The minimum absolute atomic E-state index is 0.904. The molecule has 0 saturated heterocycles. The van der Waals surface area contributed by atoms with Crippen molar-refractivity contribution < 1.29 is 0 Å². The first kappa shape index (κ1) is 22.5. The monoisotopic (exact) mass is 504 g/mol. The number of rotatable bonds is 5. The Hall–Kier alpha value is -4.73. The number of thiophene rings is 1. The highest BCUT2D eigenvalue weighted by Gasteiger charge is 2.16. The van der Waals surface area contributed by atoms with Crippen LogP contribution in [0.2, 0.25) is 0 Å². The van der Waals surface area contributed by atoms with Gasteiger partial charge in [0.1, 0.15) is 5.82 Å². The second kappa shape index (κ2) is 9.62. The molecule has 0 fully saturated rings.